The Labute approximate surface area is 112 Å². The zero-order chi connectivity index (χ0) is 13.1. The molecular formula is C13H20N2O2S. The molecule has 1 aliphatic carbocycles. The fraction of sp³-hybridized carbons (Fsp3) is 0.692. The normalized spacial score (nSPS) is 28.2. The van der Waals surface area contributed by atoms with E-state index in [1.54, 1.807) is 6.07 Å². The molecule has 4 nitrogen and oxygen atoms in total. The number of nitro groups is 1. The number of nitrogens with one attached hydrogen (secondary N) is 1. The van der Waals surface area contributed by atoms with Crippen molar-refractivity contribution in [3.05, 3.63) is 27.1 Å². The zero-order valence-electron chi connectivity index (χ0n) is 10.9. The molecule has 1 aliphatic rings. The van der Waals surface area contributed by atoms with E-state index in [0.29, 0.717) is 6.04 Å². The Morgan fingerprint density at radius 2 is 2.17 bits per heavy atom. The molecule has 1 aromatic rings. The van der Waals surface area contributed by atoms with Gasteiger partial charge < -0.3 is 5.32 Å². The predicted molar refractivity (Wildman–Crippen MR) is 73.8 cm³/mol. The van der Waals surface area contributed by atoms with Gasteiger partial charge in [0, 0.05) is 23.5 Å². The monoisotopic (exact) mass is 268 g/mol. The average Bonchev–Trinajstić information content (AvgIpc) is 2.79. The minimum atomic E-state index is -0.321. The van der Waals surface area contributed by atoms with Crippen LogP contribution in [0.4, 0.5) is 5.00 Å². The lowest BCUT2D eigenvalue weighted by Gasteiger charge is -2.32. The number of rotatable bonds is 4. The van der Waals surface area contributed by atoms with Crippen LogP contribution in [-0.2, 0) is 6.54 Å². The Bertz CT molecular complexity index is 419. The van der Waals surface area contributed by atoms with Gasteiger partial charge in [0.2, 0.25) is 0 Å². The molecule has 3 unspecified atom stereocenters. The molecule has 2 rings (SSSR count). The number of thiophene rings is 1. The quantitative estimate of drug-likeness (QED) is 0.671. The highest BCUT2D eigenvalue weighted by Gasteiger charge is 2.24. The van der Waals surface area contributed by atoms with Crippen LogP contribution in [0.25, 0.3) is 0 Å². The summed E-state index contributed by atoms with van der Waals surface area (Å²) in [6.45, 7) is 5.39. The molecular weight excluding hydrogens is 248 g/mol. The molecule has 100 valence electrons. The van der Waals surface area contributed by atoms with E-state index in [-0.39, 0.29) is 9.92 Å². The van der Waals surface area contributed by atoms with Crippen LogP contribution in [0.2, 0.25) is 0 Å². The lowest BCUT2D eigenvalue weighted by atomic mass is 9.79. The van der Waals surface area contributed by atoms with Crippen molar-refractivity contribution in [2.45, 2.75) is 45.7 Å². The van der Waals surface area contributed by atoms with E-state index in [1.165, 1.54) is 30.6 Å². The molecule has 1 N–H and O–H groups in total. The van der Waals surface area contributed by atoms with Gasteiger partial charge in [0.05, 0.1) is 4.92 Å². The van der Waals surface area contributed by atoms with Crippen LogP contribution < -0.4 is 5.32 Å². The molecule has 18 heavy (non-hydrogen) atoms. The highest BCUT2D eigenvalue weighted by atomic mass is 32.1. The third-order valence-corrected chi connectivity index (χ3v) is 5.03. The van der Waals surface area contributed by atoms with Crippen molar-refractivity contribution < 1.29 is 4.92 Å². The standard InChI is InChI=1S/C13H20N2O2S/c1-9-3-4-11(7-10(9)2)14-8-12-5-6-13(18-12)15(16)17/h5-6,9-11,14H,3-4,7-8H2,1-2H3. The zero-order valence-corrected chi connectivity index (χ0v) is 11.7. The van der Waals surface area contributed by atoms with E-state index in [9.17, 15) is 10.1 Å². The van der Waals surface area contributed by atoms with E-state index in [1.807, 2.05) is 6.07 Å². The molecule has 3 atom stereocenters. The van der Waals surface area contributed by atoms with Crippen molar-refractivity contribution in [3.63, 3.8) is 0 Å². The summed E-state index contributed by atoms with van der Waals surface area (Å²) in [7, 11) is 0. The van der Waals surface area contributed by atoms with Crippen LogP contribution in [0.1, 0.15) is 38.0 Å². The topological polar surface area (TPSA) is 55.2 Å². The van der Waals surface area contributed by atoms with Crippen molar-refractivity contribution in [1.82, 2.24) is 5.32 Å². The van der Waals surface area contributed by atoms with Gasteiger partial charge in [-0.1, -0.05) is 25.2 Å². The summed E-state index contributed by atoms with van der Waals surface area (Å²) in [6, 6.07) is 4.01. The SMILES string of the molecule is CC1CCC(NCc2ccc([N+](=O)[O-])s2)CC1C. The van der Waals surface area contributed by atoms with E-state index in [2.05, 4.69) is 19.2 Å². The second kappa shape index (κ2) is 5.80. The number of hydrogen-bond acceptors (Lipinski definition) is 4. The fourth-order valence-corrected chi connectivity index (χ4v) is 3.31. The molecule has 0 saturated heterocycles. The summed E-state index contributed by atoms with van der Waals surface area (Å²) >= 11 is 1.27. The van der Waals surface area contributed by atoms with Gasteiger partial charge in [0.25, 0.3) is 0 Å². The third kappa shape index (κ3) is 3.29. The molecule has 0 radical (unpaired) electrons. The highest BCUT2D eigenvalue weighted by Crippen LogP contribution is 2.30. The molecule has 1 heterocycles. The smallest absolute Gasteiger partial charge is 0.309 e. The van der Waals surface area contributed by atoms with E-state index >= 15 is 0 Å². The predicted octanol–water partition coefficient (Wildman–Crippen LogP) is 3.57. The molecule has 1 aromatic heterocycles. The van der Waals surface area contributed by atoms with Gasteiger partial charge in [-0.05, 0) is 37.2 Å². The minimum Gasteiger partial charge on any atom is -0.309 e. The maximum Gasteiger partial charge on any atom is 0.324 e. The first-order chi connectivity index (χ1) is 8.56. The number of nitrogens with zero attached hydrogens (tertiary/aromatic N) is 1. The Morgan fingerprint density at radius 3 is 2.78 bits per heavy atom. The van der Waals surface area contributed by atoms with Crippen molar-refractivity contribution >= 4 is 16.3 Å². The third-order valence-electron chi connectivity index (χ3n) is 3.99. The summed E-state index contributed by atoms with van der Waals surface area (Å²) in [5, 5.41) is 14.4. The molecule has 5 heteroatoms. The van der Waals surface area contributed by atoms with Gasteiger partial charge >= 0.3 is 5.00 Å². The van der Waals surface area contributed by atoms with Crippen LogP contribution in [0.3, 0.4) is 0 Å². The largest absolute Gasteiger partial charge is 0.324 e. The summed E-state index contributed by atoms with van der Waals surface area (Å²) < 4.78 is 0. The first-order valence-corrected chi connectivity index (χ1v) is 7.34. The fourth-order valence-electron chi connectivity index (χ4n) is 2.54. The Hall–Kier alpha value is -0.940. The maximum atomic E-state index is 10.6. The lowest BCUT2D eigenvalue weighted by Crippen LogP contribution is -2.35. The molecule has 0 aliphatic heterocycles. The van der Waals surface area contributed by atoms with E-state index in [0.717, 1.165) is 23.3 Å². The molecule has 1 fully saturated rings. The number of hydrogen-bond donors (Lipinski definition) is 1. The summed E-state index contributed by atoms with van der Waals surface area (Å²) in [5.41, 5.74) is 0. The second-order valence-electron chi connectivity index (χ2n) is 5.34. The summed E-state index contributed by atoms with van der Waals surface area (Å²) in [4.78, 5) is 11.3. The first kappa shape index (κ1) is 13.5. The van der Waals surface area contributed by atoms with E-state index in [4.69, 9.17) is 0 Å². The maximum absolute atomic E-state index is 10.6. The molecule has 0 spiro atoms. The van der Waals surface area contributed by atoms with Crippen LogP contribution in [0.5, 0.6) is 0 Å². The molecule has 1 saturated carbocycles. The van der Waals surface area contributed by atoms with Crippen LogP contribution >= 0.6 is 11.3 Å². The molecule has 0 bridgehead atoms. The second-order valence-corrected chi connectivity index (χ2v) is 6.49. The average molecular weight is 268 g/mol. The van der Waals surface area contributed by atoms with Crippen LogP contribution in [0.15, 0.2) is 12.1 Å². The minimum absolute atomic E-state index is 0.234. The van der Waals surface area contributed by atoms with Crippen molar-refractivity contribution in [1.29, 1.82) is 0 Å². The lowest BCUT2D eigenvalue weighted by molar-refractivity contribution is -0.380. The van der Waals surface area contributed by atoms with Crippen molar-refractivity contribution in [3.8, 4) is 0 Å². The van der Waals surface area contributed by atoms with E-state index < -0.39 is 0 Å². The van der Waals surface area contributed by atoms with Gasteiger partial charge in [0.1, 0.15) is 0 Å². The Morgan fingerprint density at radius 1 is 1.39 bits per heavy atom. The van der Waals surface area contributed by atoms with Gasteiger partial charge in [-0.3, -0.25) is 10.1 Å². The Kier molecular flexibility index (Phi) is 4.35. The summed E-state index contributed by atoms with van der Waals surface area (Å²) in [6.07, 6.45) is 3.72. The van der Waals surface area contributed by atoms with Gasteiger partial charge in [-0.25, -0.2) is 0 Å². The summed E-state index contributed by atoms with van der Waals surface area (Å²) in [5.74, 6) is 1.60. The van der Waals surface area contributed by atoms with Crippen molar-refractivity contribution in [2.24, 2.45) is 11.8 Å². The Balaban J connectivity index is 1.82. The van der Waals surface area contributed by atoms with Crippen molar-refractivity contribution in [2.75, 3.05) is 0 Å². The van der Waals surface area contributed by atoms with Gasteiger partial charge in [-0.2, -0.15) is 0 Å². The molecule has 0 aromatic carbocycles. The van der Waals surface area contributed by atoms with Gasteiger partial charge in [0.15, 0.2) is 0 Å². The van der Waals surface area contributed by atoms with Crippen LogP contribution in [0, 0.1) is 22.0 Å². The molecule has 0 amide bonds. The van der Waals surface area contributed by atoms with Crippen LogP contribution in [-0.4, -0.2) is 11.0 Å². The first-order valence-electron chi connectivity index (χ1n) is 6.52. The highest BCUT2D eigenvalue weighted by molar-refractivity contribution is 7.15. The van der Waals surface area contributed by atoms with Gasteiger partial charge in [-0.15, -0.1) is 0 Å².